The number of thiazole rings is 1. The Morgan fingerprint density at radius 3 is 2.79 bits per heavy atom. The van der Waals surface area contributed by atoms with Crippen molar-refractivity contribution in [3.63, 3.8) is 0 Å². The maximum Gasteiger partial charge on any atom is 0.282 e. The average Bonchev–Trinajstić information content (AvgIpc) is 2.71. The standard InChI is InChI=1S/C7H4ClF2N3S/c8-5-3-4(6(9)10)12-13(5)7-11-1-2-14-7/h1-3,6H. The third-order valence-electron chi connectivity index (χ3n) is 1.51. The molecule has 2 rings (SSSR count). The monoisotopic (exact) mass is 235 g/mol. The van der Waals surface area contributed by atoms with E-state index in [1.807, 2.05) is 0 Å². The van der Waals surface area contributed by atoms with Crippen LogP contribution in [-0.2, 0) is 0 Å². The first kappa shape index (κ1) is 9.54. The summed E-state index contributed by atoms with van der Waals surface area (Å²) in [7, 11) is 0. The summed E-state index contributed by atoms with van der Waals surface area (Å²) >= 11 is 6.99. The fourth-order valence-corrected chi connectivity index (χ4v) is 1.82. The first-order chi connectivity index (χ1) is 6.68. The molecule has 0 fully saturated rings. The van der Waals surface area contributed by atoms with Crippen LogP contribution in [0.2, 0.25) is 5.15 Å². The molecule has 3 nitrogen and oxygen atoms in total. The second-order valence-corrected chi connectivity index (χ2v) is 3.68. The van der Waals surface area contributed by atoms with Crippen LogP contribution in [0.25, 0.3) is 5.13 Å². The lowest BCUT2D eigenvalue weighted by Crippen LogP contribution is -1.96. The van der Waals surface area contributed by atoms with E-state index in [4.69, 9.17) is 11.6 Å². The molecule has 0 radical (unpaired) electrons. The Labute approximate surface area is 87.0 Å². The summed E-state index contributed by atoms with van der Waals surface area (Å²) in [6, 6.07) is 1.13. The molecule has 0 unspecified atom stereocenters. The molecule has 0 saturated carbocycles. The lowest BCUT2D eigenvalue weighted by molar-refractivity contribution is 0.145. The van der Waals surface area contributed by atoms with Crippen LogP contribution in [0, 0.1) is 0 Å². The molecule has 0 aliphatic rings. The van der Waals surface area contributed by atoms with E-state index in [1.165, 1.54) is 16.0 Å². The van der Waals surface area contributed by atoms with E-state index in [9.17, 15) is 8.78 Å². The topological polar surface area (TPSA) is 30.7 Å². The van der Waals surface area contributed by atoms with Crippen molar-refractivity contribution < 1.29 is 8.78 Å². The summed E-state index contributed by atoms with van der Waals surface area (Å²) < 4.78 is 25.7. The number of nitrogens with zero attached hydrogens (tertiary/aromatic N) is 3. The van der Waals surface area contributed by atoms with Crippen molar-refractivity contribution in [3.8, 4) is 5.13 Å². The first-order valence-corrected chi connectivity index (χ1v) is 4.87. The van der Waals surface area contributed by atoms with E-state index >= 15 is 0 Å². The molecule has 2 heterocycles. The van der Waals surface area contributed by atoms with Crippen molar-refractivity contribution in [2.75, 3.05) is 0 Å². The quantitative estimate of drug-likeness (QED) is 0.801. The number of halogens is 3. The van der Waals surface area contributed by atoms with Crippen molar-refractivity contribution in [2.45, 2.75) is 6.43 Å². The summed E-state index contributed by atoms with van der Waals surface area (Å²) in [5, 5.41) is 5.96. The Hall–Kier alpha value is -1.01. The molecule has 2 aromatic rings. The Bertz CT molecular complexity index is 426. The average molecular weight is 236 g/mol. The van der Waals surface area contributed by atoms with Gasteiger partial charge in [0.25, 0.3) is 6.43 Å². The molecule has 2 aromatic heterocycles. The van der Waals surface area contributed by atoms with Crippen LogP contribution < -0.4 is 0 Å². The molecular weight excluding hydrogens is 232 g/mol. The summed E-state index contributed by atoms with van der Waals surface area (Å²) in [5.41, 5.74) is -0.342. The smallest absolute Gasteiger partial charge is 0.227 e. The molecule has 0 aliphatic carbocycles. The lowest BCUT2D eigenvalue weighted by Gasteiger charge is -1.95. The Morgan fingerprint density at radius 2 is 2.29 bits per heavy atom. The van der Waals surface area contributed by atoms with E-state index < -0.39 is 6.43 Å². The van der Waals surface area contributed by atoms with Gasteiger partial charge in [-0.2, -0.15) is 9.78 Å². The van der Waals surface area contributed by atoms with E-state index in [0.29, 0.717) is 5.13 Å². The minimum Gasteiger partial charge on any atom is -0.227 e. The van der Waals surface area contributed by atoms with Gasteiger partial charge in [0.1, 0.15) is 10.8 Å². The van der Waals surface area contributed by atoms with Crippen LogP contribution in [0.5, 0.6) is 0 Å². The zero-order chi connectivity index (χ0) is 10.1. The van der Waals surface area contributed by atoms with Crippen LogP contribution in [0.4, 0.5) is 8.78 Å². The summed E-state index contributed by atoms with van der Waals surface area (Å²) in [6.07, 6.45) is -1.06. The van der Waals surface area contributed by atoms with E-state index in [1.54, 1.807) is 11.6 Å². The van der Waals surface area contributed by atoms with Gasteiger partial charge in [0.2, 0.25) is 5.13 Å². The fourth-order valence-electron chi connectivity index (χ4n) is 0.937. The molecule has 0 atom stereocenters. The van der Waals surface area contributed by atoms with Crippen LogP contribution in [0.1, 0.15) is 12.1 Å². The van der Waals surface area contributed by atoms with Crippen molar-refractivity contribution in [1.82, 2.24) is 14.8 Å². The zero-order valence-corrected chi connectivity index (χ0v) is 8.27. The molecule has 14 heavy (non-hydrogen) atoms. The van der Waals surface area contributed by atoms with Crippen molar-refractivity contribution >= 4 is 22.9 Å². The lowest BCUT2D eigenvalue weighted by atomic mass is 10.5. The molecule has 7 heteroatoms. The van der Waals surface area contributed by atoms with Gasteiger partial charge >= 0.3 is 0 Å². The number of rotatable bonds is 2. The van der Waals surface area contributed by atoms with Crippen LogP contribution in [-0.4, -0.2) is 14.8 Å². The highest BCUT2D eigenvalue weighted by molar-refractivity contribution is 7.12. The third-order valence-corrected chi connectivity index (χ3v) is 2.53. The van der Waals surface area contributed by atoms with Crippen LogP contribution >= 0.6 is 22.9 Å². The molecule has 0 aromatic carbocycles. The summed E-state index contributed by atoms with van der Waals surface area (Å²) in [4.78, 5) is 3.91. The van der Waals surface area contributed by atoms with Gasteiger partial charge in [-0.25, -0.2) is 13.8 Å². The molecule has 0 aliphatic heterocycles. The number of hydrogen-bond donors (Lipinski definition) is 0. The Balaban J connectivity index is 2.45. The SMILES string of the molecule is FC(F)c1cc(Cl)n(-c2nccs2)n1. The van der Waals surface area contributed by atoms with Gasteiger partial charge in [-0.15, -0.1) is 11.3 Å². The second-order valence-electron chi connectivity index (χ2n) is 2.42. The predicted octanol–water partition coefficient (Wildman–Crippen LogP) is 2.92. The minimum atomic E-state index is -2.62. The highest BCUT2D eigenvalue weighted by Gasteiger charge is 2.16. The summed E-state index contributed by atoms with van der Waals surface area (Å²) in [5.74, 6) is 0. The largest absolute Gasteiger partial charge is 0.282 e. The molecule has 0 bridgehead atoms. The van der Waals surface area contributed by atoms with E-state index in [2.05, 4.69) is 10.1 Å². The highest BCUT2D eigenvalue weighted by Crippen LogP contribution is 2.24. The van der Waals surface area contributed by atoms with Gasteiger partial charge in [0.05, 0.1) is 0 Å². The van der Waals surface area contributed by atoms with E-state index in [0.717, 1.165) is 6.07 Å². The van der Waals surface area contributed by atoms with Crippen molar-refractivity contribution in [1.29, 1.82) is 0 Å². The van der Waals surface area contributed by atoms with Gasteiger partial charge < -0.3 is 0 Å². The zero-order valence-electron chi connectivity index (χ0n) is 6.69. The van der Waals surface area contributed by atoms with Crippen LogP contribution in [0.15, 0.2) is 17.6 Å². The number of aromatic nitrogens is 3. The summed E-state index contributed by atoms with van der Waals surface area (Å²) in [6.45, 7) is 0. The van der Waals surface area contributed by atoms with Crippen LogP contribution in [0.3, 0.4) is 0 Å². The normalized spacial score (nSPS) is 11.1. The minimum absolute atomic E-state index is 0.134. The Kier molecular flexibility index (Phi) is 2.47. The number of hydrogen-bond acceptors (Lipinski definition) is 3. The van der Waals surface area contributed by atoms with Crippen molar-refractivity contribution in [2.24, 2.45) is 0 Å². The van der Waals surface area contributed by atoms with Gasteiger partial charge in [0, 0.05) is 17.6 Å². The molecule has 74 valence electrons. The maximum atomic E-state index is 12.3. The molecule has 0 amide bonds. The van der Waals surface area contributed by atoms with Gasteiger partial charge in [-0.05, 0) is 0 Å². The molecule has 0 spiro atoms. The molecular formula is C7H4ClF2N3S. The van der Waals surface area contributed by atoms with Crippen molar-refractivity contribution in [3.05, 3.63) is 28.5 Å². The number of alkyl halides is 2. The maximum absolute atomic E-state index is 12.3. The molecule has 0 saturated heterocycles. The molecule has 0 N–H and O–H groups in total. The fraction of sp³-hybridized carbons (Fsp3) is 0.143. The predicted molar refractivity (Wildman–Crippen MR) is 49.2 cm³/mol. The highest BCUT2D eigenvalue weighted by atomic mass is 35.5. The first-order valence-electron chi connectivity index (χ1n) is 3.62. The Morgan fingerprint density at radius 1 is 1.50 bits per heavy atom. The van der Waals surface area contributed by atoms with Gasteiger partial charge in [-0.3, -0.25) is 0 Å². The van der Waals surface area contributed by atoms with E-state index in [-0.39, 0.29) is 10.8 Å². The van der Waals surface area contributed by atoms with Gasteiger partial charge in [-0.1, -0.05) is 11.6 Å². The van der Waals surface area contributed by atoms with Gasteiger partial charge in [0.15, 0.2) is 0 Å². The second kappa shape index (κ2) is 3.62. The third kappa shape index (κ3) is 1.62.